The van der Waals surface area contributed by atoms with Gasteiger partial charge in [-0.25, -0.2) is 0 Å². The number of aromatic nitrogens is 2. The lowest BCUT2D eigenvalue weighted by Gasteiger charge is -2.35. The van der Waals surface area contributed by atoms with E-state index in [1.54, 1.807) is 23.7 Å². The van der Waals surface area contributed by atoms with Gasteiger partial charge in [0.25, 0.3) is 11.1 Å². The van der Waals surface area contributed by atoms with Crippen LogP contribution in [0.3, 0.4) is 0 Å². The lowest BCUT2D eigenvalue weighted by atomic mass is 10.0. The summed E-state index contributed by atoms with van der Waals surface area (Å²) in [6.07, 6.45) is 3.72. The normalized spacial score (nSPS) is 19.6. The number of benzene rings is 1. The second-order valence-electron chi connectivity index (χ2n) is 8.58. The molecular formula is C23H27N3O3. The highest BCUT2D eigenvalue weighted by molar-refractivity contribution is 6.04. The van der Waals surface area contributed by atoms with E-state index in [9.17, 15) is 9.59 Å². The molecule has 1 atom stereocenters. The van der Waals surface area contributed by atoms with Crippen LogP contribution in [0.15, 0.2) is 27.8 Å². The third kappa shape index (κ3) is 2.81. The van der Waals surface area contributed by atoms with Crippen molar-refractivity contribution in [2.75, 3.05) is 26.2 Å². The average molecular weight is 393 g/mol. The van der Waals surface area contributed by atoms with Gasteiger partial charge in [0.1, 0.15) is 6.61 Å². The van der Waals surface area contributed by atoms with Gasteiger partial charge in [0.05, 0.1) is 17.1 Å². The number of piperidine rings is 1. The van der Waals surface area contributed by atoms with Crippen LogP contribution in [-0.2, 0) is 7.05 Å². The Morgan fingerprint density at radius 1 is 0.931 bits per heavy atom. The van der Waals surface area contributed by atoms with Crippen molar-refractivity contribution in [3.05, 3.63) is 50.0 Å². The van der Waals surface area contributed by atoms with Crippen LogP contribution in [-0.4, -0.2) is 40.3 Å². The second kappa shape index (κ2) is 6.73. The fourth-order valence-electron chi connectivity index (χ4n) is 5.05. The molecule has 0 amide bonds. The number of pyridine rings is 2. The summed E-state index contributed by atoms with van der Waals surface area (Å²) in [5.41, 5.74) is 3.43. The Balaban J connectivity index is 1.80. The van der Waals surface area contributed by atoms with Crippen LogP contribution < -0.4 is 15.9 Å². The molecule has 1 aromatic carbocycles. The molecule has 3 aromatic rings. The summed E-state index contributed by atoms with van der Waals surface area (Å²) < 4.78 is 9.87. The highest BCUT2D eigenvalue weighted by Gasteiger charge is 2.29. The first-order valence-electron chi connectivity index (χ1n) is 10.5. The van der Waals surface area contributed by atoms with Crippen LogP contribution in [0.2, 0.25) is 0 Å². The molecule has 152 valence electrons. The largest absolute Gasteiger partial charge is 0.487 e. The van der Waals surface area contributed by atoms with Gasteiger partial charge in [-0.3, -0.25) is 14.2 Å². The Morgan fingerprint density at radius 3 is 2.31 bits per heavy atom. The third-order valence-electron chi connectivity index (χ3n) is 6.61. The van der Waals surface area contributed by atoms with Crippen LogP contribution in [0.25, 0.3) is 21.8 Å². The van der Waals surface area contributed by atoms with Crippen LogP contribution >= 0.6 is 0 Å². The first kappa shape index (κ1) is 18.4. The SMILES string of the molecule is Cc1cc(=O)n(C)c2c3c4c(cc12)c(C)cc(=O)n4C(CN1CCCCC1)CO3. The summed E-state index contributed by atoms with van der Waals surface area (Å²) in [5.74, 6) is 0.663. The van der Waals surface area contributed by atoms with Gasteiger partial charge in [0, 0.05) is 36.5 Å². The zero-order valence-corrected chi connectivity index (χ0v) is 17.3. The highest BCUT2D eigenvalue weighted by Crippen LogP contribution is 2.39. The maximum atomic E-state index is 13.1. The predicted molar refractivity (Wildman–Crippen MR) is 115 cm³/mol. The summed E-state index contributed by atoms with van der Waals surface area (Å²) >= 11 is 0. The third-order valence-corrected chi connectivity index (χ3v) is 6.61. The van der Waals surface area contributed by atoms with Gasteiger partial charge in [-0.1, -0.05) is 6.42 Å². The predicted octanol–water partition coefficient (Wildman–Crippen LogP) is 2.89. The van der Waals surface area contributed by atoms with Crippen LogP contribution in [0.5, 0.6) is 5.75 Å². The Morgan fingerprint density at radius 2 is 1.59 bits per heavy atom. The monoisotopic (exact) mass is 393 g/mol. The smallest absolute Gasteiger partial charge is 0.251 e. The molecule has 0 radical (unpaired) electrons. The minimum absolute atomic E-state index is 0.0126. The molecule has 5 rings (SSSR count). The van der Waals surface area contributed by atoms with Gasteiger partial charge < -0.3 is 14.2 Å². The molecule has 4 heterocycles. The summed E-state index contributed by atoms with van der Waals surface area (Å²) in [6.45, 7) is 7.36. The van der Waals surface area contributed by atoms with E-state index in [0.717, 1.165) is 52.6 Å². The van der Waals surface area contributed by atoms with Crippen molar-refractivity contribution in [3.8, 4) is 5.75 Å². The molecule has 0 bridgehead atoms. The zero-order valence-electron chi connectivity index (χ0n) is 17.3. The summed E-state index contributed by atoms with van der Waals surface area (Å²) in [6, 6.07) is 5.49. The lowest BCUT2D eigenvalue weighted by molar-refractivity contribution is 0.152. The standard InChI is InChI=1S/C23H27N3O3/c1-14-9-19(27)24(3)21-17(14)11-18-15(2)10-20(28)26-16(13-29-23(21)22(18)26)12-25-7-5-4-6-8-25/h9-11,16H,4-8,12-13H2,1-3H3. The van der Waals surface area contributed by atoms with Crippen molar-refractivity contribution in [2.45, 2.75) is 39.2 Å². The number of likely N-dealkylation sites (tertiary alicyclic amines) is 1. The maximum Gasteiger partial charge on any atom is 0.251 e. The number of nitrogens with zero attached hydrogens (tertiary/aromatic N) is 3. The Bertz CT molecular complexity index is 1250. The molecule has 0 N–H and O–H groups in total. The molecule has 0 saturated carbocycles. The Hall–Kier alpha value is -2.60. The van der Waals surface area contributed by atoms with Crippen molar-refractivity contribution < 1.29 is 4.74 Å². The number of hydrogen-bond acceptors (Lipinski definition) is 4. The Labute approximate surface area is 169 Å². The van der Waals surface area contributed by atoms with E-state index < -0.39 is 0 Å². The molecule has 29 heavy (non-hydrogen) atoms. The number of ether oxygens (including phenoxy) is 1. The van der Waals surface area contributed by atoms with Gasteiger partial charge in [0.2, 0.25) is 0 Å². The fourth-order valence-corrected chi connectivity index (χ4v) is 5.05. The lowest BCUT2D eigenvalue weighted by Crippen LogP contribution is -2.42. The minimum Gasteiger partial charge on any atom is -0.487 e. The fraction of sp³-hybridized carbons (Fsp3) is 0.478. The summed E-state index contributed by atoms with van der Waals surface area (Å²) in [5, 5.41) is 2.02. The number of fused-ring (bicyclic) bond motifs is 2. The molecule has 2 aromatic heterocycles. The molecule has 1 fully saturated rings. The molecule has 0 spiro atoms. The number of aryl methyl sites for hydroxylation is 3. The molecule has 2 aliphatic rings. The first-order chi connectivity index (χ1) is 14.0. The maximum absolute atomic E-state index is 13.1. The van der Waals surface area contributed by atoms with Gasteiger partial charge >= 0.3 is 0 Å². The quantitative estimate of drug-likeness (QED) is 0.628. The summed E-state index contributed by atoms with van der Waals surface area (Å²) in [7, 11) is 1.77. The van der Waals surface area contributed by atoms with E-state index in [4.69, 9.17) is 4.74 Å². The van der Waals surface area contributed by atoms with Gasteiger partial charge in [-0.05, 0) is 57.0 Å². The van der Waals surface area contributed by atoms with E-state index in [-0.39, 0.29) is 17.2 Å². The molecular weight excluding hydrogens is 366 g/mol. The highest BCUT2D eigenvalue weighted by atomic mass is 16.5. The average Bonchev–Trinajstić information content (AvgIpc) is 2.70. The van der Waals surface area contributed by atoms with Gasteiger partial charge in [0.15, 0.2) is 5.75 Å². The molecule has 2 aliphatic heterocycles. The van der Waals surface area contributed by atoms with Gasteiger partial charge in [-0.15, -0.1) is 0 Å². The first-order valence-corrected chi connectivity index (χ1v) is 10.5. The number of hydrogen-bond donors (Lipinski definition) is 0. The summed E-state index contributed by atoms with van der Waals surface area (Å²) in [4.78, 5) is 28.0. The van der Waals surface area contributed by atoms with Crippen molar-refractivity contribution >= 4 is 21.8 Å². The van der Waals surface area contributed by atoms with E-state index in [1.165, 1.54) is 19.3 Å². The van der Waals surface area contributed by atoms with Crippen LogP contribution in [0.4, 0.5) is 0 Å². The van der Waals surface area contributed by atoms with E-state index >= 15 is 0 Å². The van der Waals surface area contributed by atoms with Crippen molar-refractivity contribution in [2.24, 2.45) is 7.05 Å². The minimum atomic E-state index is -0.0637. The van der Waals surface area contributed by atoms with Crippen LogP contribution in [0, 0.1) is 13.8 Å². The Kier molecular flexibility index (Phi) is 4.28. The van der Waals surface area contributed by atoms with E-state index in [1.807, 2.05) is 18.4 Å². The van der Waals surface area contributed by atoms with Crippen molar-refractivity contribution in [1.29, 1.82) is 0 Å². The van der Waals surface area contributed by atoms with Crippen molar-refractivity contribution in [1.82, 2.24) is 14.0 Å². The molecule has 1 saturated heterocycles. The van der Waals surface area contributed by atoms with Crippen molar-refractivity contribution in [3.63, 3.8) is 0 Å². The molecule has 6 heteroatoms. The van der Waals surface area contributed by atoms with Crippen LogP contribution in [0.1, 0.15) is 36.4 Å². The topological polar surface area (TPSA) is 56.5 Å². The van der Waals surface area contributed by atoms with E-state index in [2.05, 4.69) is 11.0 Å². The molecule has 0 aliphatic carbocycles. The van der Waals surface area contributed by atoms with E-state index in [0.29, 0.717) is 12.4 Å². The molecule has 6 nitrogen and oxygen atoms in total. The zero-order chi connectivity index (χ0) is 20.3. The number of rotatable bonds is 2. The molecule has 1 unspecified atom stereocenters. The van der Waals surface area contributed by atoms with Gasteiger partial charge in [-0.2, -0.15) is 0 Å². The second-order valence-corrected chi connectivity index (χ2v) is 8.58.